The molecule has 0 spiro atoms. The summed E-state index contributed by atoms with van der Waals surface area (Å²) >= 11 is 1.51. The van der Waals surface area contributed by atoms with Crippen LogP contribution in [0.4, 0.5) is 9.93 Å². The number of anilines is 1. The molecule has 2 aromatic carbocycles. The Kier molecular flexibility index (Phi) is 4.62. The number of hydrogen-bond acceptors (Lipinski definition) is 5. The molecule has 0 aliphatic carbocycles. The molecule has 3 heterocycles. The van der Waals surface area contributed by atoms with Gasteiger partial charge in [-0.1, -0.05) is 35.6 Å². The van der Waals surface area contributed by atoms with Crippen LogP contribution in [-0.4, -0.2) is 53.6 Å². The van der Waals surface area contributed by atoms with E-state index in [0.29, 0.717) is 5.13 Å². The summed E-state index contributed by atoms with van der Waals surface area (Å²) in [5.74, 6) is 1.03. The minimum atomic E-state index is -0.0617. The van der Waals surface area contributed by atoms with Gasteiger partial charge >= 0.3 is 6.03 Å². The lowest BCUT2D eigenvalue weighted by Crippen LogP contribution is -2.49. The number of piperazine rings is 1. The van der Waals surface area contributed by atoms with Crippen molar-refractivity contribution in [2.24, 2.45) is 0 Å². The van der Waals surface area contributed by atoms with Gasteiger partial charge in [-0.05, 0) is 29.3 Å². The molecule has 1 N–H and O–H groups in total. The quantitative estimate of drug-likeness (QED) is 0.738. The Morgan fingerprint density at radius 1 is 1.14 bits per heavy atom. The standard InChI is InChI=1S/C21H22N4O2S/c26-21(23-20-22-17-3-1-2-4-19(17)28-20)25-10-8-24(9-11-25)14-15-5-6-18-16(13-15)7-12-27-18/h1-6,13H,7-12,14H2,(H,22,23,26). The number of thiazole rings is 1. The van der Waals surface area contributed by atoms with E-state index < -0.39 is 0 Å². The van der Waals surface area contributed by atoms with Gasteiger partial charge in [-0.3, -0.25) is 10.2 Å². The van der Waals surface area contributed by atoms with Crippen molar-refractivity contribution in [1.29, 1.82) is 0 Å². The number of para-hydroxylation sites is 1. The van der Waals surface area contributed by atoms with Gasteiger partial charge in [0.2, 0.25) is 0 Å². The third-order valence-electron chi connectivity index (χ3n) is 5.33. The predicted octanol–water partition coefficient (Wildman–Crippen LogP) is 3.58. The number of aromatic nitrogens is 1. The lowest BCUT2D eigenvalue weighted by atomic mass is 10.1. The van der Waals surface area contributed by atoms with Crippen LogP contribution in [-0.2, 0) is 13.0 Å². The molecule has 1 fully saturated rings. The van der Waals surface area contributed by atoms with E-state index in [1.54, 1.807) is 0 Å². The van der Waals surface area contributed by atoms with Crippen molar-refractivity contribution in [2.75, 3.05) is 38.1 Å². The molecule has 0 saturated carbocycles. The average molecular weight is 395 g/mol. The van der Waals surface area contributed by atoms with Crippen molar-refractivity contribution in [3.05, 3.63) is 53.6 Å². The Balaban J connectivity index is 1.16. The topological polar surface area (TPSA) is 57.7 Å². The minimum absolute atomic E-state index is 0.0617. The number of hydrogen-bond donors (Lipinski definition) is 1. The summed E-state index contributed by atoms with van der Waals surface area (Å²) in [5, 5.41) is 3.62. The number of amides is 2. The predicted molar refractivity (Wildman–Crippen MR) is 111 cm³/mol. The molecule has 28 heavy (non-hydrogen) atoms. The number of urea groups is 1. The molecule has 1 aromatic heterocycles. The Labute approximate surface area is 167 Å². The van der Waals surface area contributed by atoms with Crippen molar-refractivity contribution >= 4 is 32.7 Å². The highest BCUT2D eigenvalue weighted by molar-refractivity contribution is 7.22. The molecule has 2 amide bonds. The zero-order chi connectivity index (χ0) is 18.9. The summed E-state index contributed by atoms with van der Waals surface area (Å²) in [6, 6.07) is 14.4. The molecule has 2 aliphatic heterocycles. The molecule has 5 rings (SSSR count). The number of carbonyl (C=O) groups is 1. The lowest BCUT2D eigenvalue weighted by Gasteiger charge is -2.34. The highest BCUT2D eigenvalue weighted by Gasteiger charge is 2.22. The summed E-state index contributed by atoms with van der Waals surface area (Å²) in [6.45, 7) is 4.92. The van der Waals surface area contributed by atoms with Crippen molar-refractivity contribution < 1.29 is 9.53 Å². The number of carbonyl (C=O) groups excluding carboxylic acids is 1. The monoisotopic (exact) mass is 394 g/mol. The lowest BCUT2D eigenvalue weighted by molar-refractivity contribution is 0.143. The fourth-order valence-corrected chi connectivity index (χ4v) is 4.66. The first-order valence-corrected chi connectivity index (χ1v) is 10.4. The fourth-order valence-electron chi connectivity index (χ4n) is 3.80. The van der Waals surface area contributed by atoms with Crippen LogP contribution in [0, 0.1) is 0 Å². The maximum absolute atomic E-state index is 12.6. The van der Waals surface area contributed by atoms with Crippen LogP contribution < -0.4 is 10.1 Å². The molecule has 3 aromatic rings. The zero-order valence-corrected chi connectivity index (χ0v) is 16.4. The first-order valence-electron chi connectivity index (χ1n) is 9.63. The molecule has 2 aliphatic rings. The zero-order valence-electron chi connectivity index (χ0n) is 15.6. The van der Waals surface area contributed by atoms with Gasteiger partial charge in [0.25, 0.3) is 0 Å². The van der Waals surface area contributed by atoms with E-state index in [-0.39, 0.29) is 6.03 Å². The first-order chi connectivity index (χ1) is 13.7. The van der Waals surface area contributed by atoms with E-state index in [1.807, 2.05) is 29.2 Å². The molecule has 0 radical (unpaired) electrons. The molecule has 1 saturated heterocycles. The van der Waals surface area contributed by atoms with Crippen LogP contribution in [0.5, 0.6) is 5.75 Å². The molecule has 6 nitrogen and oxygen atoms in total. The fraction of sp³-hybridized carbons (Fsp3) is 0.333. The van der Waals surface area contributed by atoms with Crippen molar-refractivity contribution in [3.63, 3.8) is 0 Å². The van der Waals surface area contributed by atoms with E-state index in [9.17, 15) is 4.79 Å². The Morgan fingerprint density at radius 3 is 2.86 bits per heavy atom. The van der Waals surface area contributed by atoms with Gasteiger partial charge < -0.3 is 9.64 Å². The number of nitrogens with one attached hydrogen (secondary N) is 1. The van der Waals surface area contributed by atoms with E-state index >= 15 is 0 Å². The van der Waals surface area contributed by atoms with E-state index in [1.165, 1.54) is 22.5 Å². The summed E-state index contributed by atoms with van der Waals surface area (Å²) in [7, 11) is 0. The Hall–Kier alpha value is -2.64. The minimum Gasteiger partial charge on any atom is -0.493 e. The third-order valence-corrected chi connectivity index (χ3v) is 6.28. The number of fused-ring (bicyclic) bond motifs is 2. The van der Waals surface area contributed by atoms with E-state index in [2.05, 4.69) is 33.4 Å². The molecule has 0 unspecified atom stereocenters. The summed E-state index contributed by atoms with van der Waals surface area (Å²) in [4.78, 5) is 21.3. The SMILES string of the molecule is O=C(Nc1nc2ccccc2s1)N1CCN(Cc2ccc3c(c2)CCO3)CC1. The van der Waals surface area contributed by atoms with Crippen LogP contribution in [0.15, 0.2) is 42.5 Å². The Bertz CT molecular complexity index is 978. The highest BCUT2D eigenvalue weighted by atomic mass is 32.1. The number of rotatable bonds is 3. The van der Waals surface area contributed by atoms with Crippen LogP contribution in [0.2, 0.25) is 0 Å². The maximum atomic E-state index is 12.6. The van der Waals surface area contributed by atoms with Crippen molar-refractivity contribution in [2.45, 2.75) is 13.0 Å². The second-order valence-corrected chi connectivity index (χ2v) is 8.25. The summed E-state index contributed by atoms with van der Waals surface area (Å²) in [5.41, 5.74) is 3.55. The highest BCUT2D eigenvalue weighted by Crippen LogP contribution is 2.27. The van der Waals surface area contributed by atoms with Crippen LogP contribution in [0.3, 0.4) is 0 Å². The molecule has 0 atom stereocenters. The third kappa shape index (κ3) is 3.55. The van der Waals surface area contributed by atoms with Gasteiger partial charge in [0.1, 0.15) is 5.75 Å². The molecular formula is C21H22N4O2S. The van der Waals surface area contributed by atoms with Gasteiger partial charge in [-0.25, -0.2) is 9.78 Å². The number of benzene rings is 2. The van der Waals surface area contributed by atoms with Crippen LogP contribution >= 0.6 is 11.3 Å². The van der Waals surface area contributed by atoms with E-state index in [0.717, 1.165) is 61.7 Å². The largest absolute Gasteiger partial charge is 0.493 e. The molecule has 0 bridgehead atoms. The normalized spacial score (nSPS) is 16.8. The smallest absolute Gasteiger partial charge is 0.323 e. The van der Waals surface area contributed by atoms with Gasteiger partial charge in [0, 0.05) is 39.1 Å². The number of ether oxygens (including phenoxy) is 1. The molecular weight excluding hydrogens is 372 g/mol. The first kappa shape index (κ1) is 17.5. The van der Waals surface area contributed by atoms with Crippen molar-refractivity contribution in [1.82, 2.24) is 14.8 Å². The average Bonchev–Trinajstić information content (AvgIpc) is 3.34. The maximum Gasteiger partial charge on any atom is 0.323 e. The van der Waals surface area contributed by atoms with Gasteiger partial charge in [-0.2, -0.15) is 0 Å². The Morgan fingerprint density at radius 2 is 2.00 bits per heavy atom. The van der Waals surface area contributed by atoms with Gasteiger partial charge in [0.15, 0.2) is 5.13 Å². The van der Waals surface area contributed by atoms with E-state index in [4.69, 9.17) is 4.74 Å². The van der Waals surface area contributed by atoms with Crippen LogP contribution in [0.1, 0.15) is 11.1 Å². The summed E-state index contributed by atoms with van der Waals surface area (Å²) in [6.07, 6.45) is 1.00. The number of nitrogens with zero attached hydrogens (tertiary/aromatic N) is 3. The van der Waals surface area contributed by atoms with Gasteiger partial charge in [0.05, 0.1) is 16.8 Å². The molecule has 144 valence electrons. The van der Waals surface area contributed by atoms with Gasteiger partial charge in [-0.15, -0.1) is 0 Å². The van der Waals surface area contributed by atoms with Crippen molar-refractivity contribution in [3.8, 4) is 5.75 Å². The second kappa shape index (κ2) is 7.41. The van der Waals surface area contributed by atoms with Crippen LogP contribution in [0.25, 0.3) is 10.2 Å². The summed E-state index contributed by atoms with van der Waals surface area (Å²) < 4.78 is 6.67. The second-order valence-electron chi connectivity index (χ2n) is 7.22. The molecule has 7 heteroatoms.